The van der Waals surface area contributed by atoms with Crippen LogP contribution in [0.3, 0.4) is 0 Å². The Morgan fingerprint density at radius 2 is 2.18 bits per heavy atom. The first-order chi connectivity index (χ1) is 8.08. The van der Waals surface area contributed by atoms with Crippen LogP contribution in [0.1, 0.15) is 19.4 Å². The summed E-state index contributed by atoms with van der Waals surface area (Å²) in [5.41, 5.74) is 1.13. The van der Waals surface area contributed by atoms with E-state index in [0.717, 1.165) is 17.0 Å². The Labute approximate surface area is 108 Å². The highest BCUT2D eigenvalue weighted by molar-refractivity contribution is 6.30. The van der Waals surface area contributed by atoms with Gasteiger partial charge in [-0.15, -0.1) is 0 Å². The minimum atomic E-state index is 0.0285. The van der Waals surface area contributed by atoms with Gasteiger partial charge >= 0.3 is 0 Å². The lowest BCUT2D eigenvalue weighted by Gasteiger charge is -2.09. The molecule has 1 amide bonds. The molecule has 0 aliphatic rings. The van der Waals surface area contributed by atoms with E-state index in [2.05, 4.69) is 10.6 Å². The molecule has 0 fully saturated rings. The number of hydrogen-bond donors (Lipinski definition) is 2. The van der Waals surface area contributed by atoms with E-state index in [0.29, 0.717) is 19.1 Å². The first-order valence-electron chi connectivity index (χ1n) is 5.82. The van der Waals surface area contributed by atoms with Crippen molar-refractivity contribution in [3.8, 4) is 0 Å². The van der Waals surface area contributed by atoms with Gasteiger partial charge in [-0.3, -0.25) is 4.79 Å². The molecule has 94 valence electrons. The largest absolute Gasteiger partial charge is 0.355 e. The van der Waals surface area contributed by atoms with Crippen LogP contribution in [0.5, 0.6) is 0 Å². The molecule has 17 heavy (non-hydrogen) atoms. The quantitative estimate of drug-likeness (QED) is 0.815. The molecule has 4 heteroatoms. The second-order valence-corrected chi connectivity index (χ2v) is 4.70. The zero-order chi connectivity index (χ0) is 12.7. The summed E-state index contributed by atoms with van der Waals surface area (Å²) in [7, 11) is 0. The van der Waals surface area contributed by atoms with Crippen molar-refractivity contribution in [2.24, 2.45) is 0 Å². The van der Waals surface area contributed by atoms with Crippen LogP contribution in [0, 0.1) is 0 Å². The number of carbonyl (C=O) groups is 1. The summed E-state index contributed by atoms with van der Waals surface area (Å²) >= 11 is 5.87. The van der Waals surface area contributed by atoms with E-state index in [1.54, 1.807) is 0 Å². The fourth-order valence-electron chi connectivity index (χ4n) is 1.40. The molecule has 0 aliphatic carbocycles. The second-order valence-electron chi connectivity index (χ2n) is 4.27. The molecule has 0 saturated heterocycles. The van der Waals surface area contributed by atoms with Crippen LogP contribution in [0.25, 0.3) is 0 Å². The number of nitrogens with one attached hydrogen (secondary N) is 2. The van der Waals surface area contributed by atoms with Crippen molar-refractivity contribution in [1.29, 1.82) is 0 Å². The maximum absolute atomic E-state index is 11.4. The molecule has 1 aromatic carbocycles. The van der Waals surface area contributed by atoms with Crippen molar-refractivity contribution in [1.82, 2.24) is 10.6 Å². The summed E-state index contributed by atoms with van der Waals surface area (Å²) < 4.78 is 0. The summed E-state index contributed by atoms with van der Waals surface area (Å²) in [6.07, 6.45) is 0.800. The van der Waals surface area contributed by atoms with Gasteiger partial charge in [0.25, 0.3) is 0 Å². The smallest absolute Gasteiger partial charge is 0.233 e. The topological polar surface area (TPSA) is 41.1 Å². The predicted molar refractivity (Wildman–Crippen MR) is 71.3 cm³/mol. The number of halogens is 1. The monoisotopic (exact) mass is 254 g/mol. The second kappa shape index (κ2) is 7.30. The van der Waals surface area contributed by atoms with Crippen molar-refractivity contribution in [2.75, 3.05) is 13.1 Å². The first-order valence-corrected chi connectivity index (χ1v) is 6.20. The Morgan fingerprint density at radius 3 is 2.82 bits per heavy atom. The lowest BCUT2D eigenvalue weighted by Crippen LogP contribution is -2.37. The average Bonchev–Trinajstić information content (AvgIpc) is 2.26. The predicted octanol–water partition coefficient (Wildman–Crippen LogP) is 2.00. The Morgan fingerprint density at radius 1 is 1.41 bits per heavy atom. The standard InChI is InChI=1S/C13H19ClN2O/c1-10(2)16-9-13(17)15-7-6-11-4-3-5-12(14)8-11/h3-5,8,10,16H,6-7,9H2,1-2H3,(H,15,17). The van der Waals surface area contributed by atoms with Gasteiger partial charge in [0.2, 0.25) is 5.91 Å². The van der Waals surface area contributed by atoms with Gasteiger partial charge < -0.3 is 10.6 Å². The van der Waals surface area contributed by atoms with Crippen molar-refractivity contribution < 1.29 is 4.79 Å². The van der Waals surface area contributed by atoms with Crippen LogP contribution in [0.4, 0.5) is 0 Å². The number of benzene rings is 1. The molecule has 0 aliphatic heterocycles. The van der Waals surface area contributed by atoms with Gasteiger partial charge in [-0.25, -0.2) is 0 Å². The van der Waals surface area contributed by atoms with Crippen molar-refractivity contribution >= 4 is 17.5 Å². The van der Waals surface area contributed by atoms with Crippen LogP contribution in [-0.2, 0) is 11.2 Å². The van der Waals surface area contributed by atoms with Gasteiger partial charge in [-0.1, -0.05) is 37.6 Å². The normalized spacial score (nSPS) is 10.6. The summed E-state index contributed by atoms with van der Waals surface area (Å²) in [6, 6.07) is 8.01. The number of rotatable bonds is 6. The third-order valence-corrected chi connectivity index (χ3v) is 2.53. The number of amides is 1. The van der Waals surface area contributed by atoms with Gasteiger partial charge in [0.15, 0.2) is 0 Å². The number of carbonyl (C=O) groups excluding carboxylic acids is 1. The van der Waals surface area contributed by atoms with Crippen molar-refractivity contribution in [2.45, 2.75) is 26.3 Å². The molecule has 0 atom stereocenters. The fraction of sp³-hybridized carbons (Fsp3) is 0.462. The van der Waals surface area contributed by atoms with Gasteiger partial charge in [-0.2, -0.15) is 0 Å². The first kappa shape index (κ1) is 14.0. The maximum Gasteiger partial charge on any atom is 0.233 e. The van der Waals surface area contributed by atoms with Gasteiger partial charge in [0, 0.05) is 17.6 Å². The van der Waals surface area contributed by atoms with E-state index < -0.39 is 0 Å². The molecule has 3 nitrogen and oxygen atoms in total. The van der Waals surface area contributed by atoms with Crippen LogP contribution < -0.4 is 10.6 Å². The van der Waals surface area contributed by atoms with Crippen LogP contribution >= 0.6 is 11.6 Å². The van der Waals surface area contributed by atoms with Crippen molar-refractivity contribution in [3.63, 3.8) is 0 Å². The molecular weight excluding hydrogens is 236 g/mol. The summed E-state index contributed by atoms with van der Waals surface area (Å²) in [4.78, 5) is 11.4. The van der Waals surface area contributed by atoms with Gasteiger partial charge in [0.05, 0.1) is 6.54 Å². The molecule has 1 rings (SSSR count). The van der Waals surface area contributed by atoms with Crippen LogP contribution in [-0.4, -0.2) is 25.0 Å². The highest BCUT2D eigenvalue weighted by atomic mass is 35.5. The fourth-order valence-corrected chi connectivity index (χ4v) is 1.61. The zero-order valence-corrected chi connectivity index (χ0v) is 11.1. The average molecular weight is 255 g/mol. The van der Waals surface area contributed by atoms with E-state index >= 15 is 0 Å². The van der Waals surface area contributed by atoms with E-state index in [1.807, 2.05) is 38.1 Å². The zero-order valence-electron chi connectivity index (χ0n) is 10.3. The van der Waals surface area contributed by atoms with Gasteiger partial charge in [0.1, 0.15) is 0 Å². The molecule has 0 radical (unpaired) electrons. The Hall–Kier alpha value is -1.06. The van der Waals surface area contributed by atoms with E-state index in [4.69, 9.17) is 11.6 Å². The lowest BCUT2D eigenvalue weighted by atomic mass is 10.1. The molecule has 2 N–H and O–H groups in total. The minimum absolute atomic E-state index is 0.0285. The molecule has 0 bridgehead atoms. The SMILES string of the molecule is CC(C)NCC(=O)NCCc1cccc(Cl)c1. The molecule has 0 aromatic heterocycles. The Kier molecular flexibility index (Phi) is 6.01. The van der Waals surface area contributed by atoms with E-state index in [1.165, 1.54) is 0 Å². The van der Waals surface area contributed by atoms with Crippen LogP contribution in [0.2, 0.25) is 5.02 Å². The molecule has 0 spiro atoms. The Bertz CT molecular complexity index is 366. The molecule has 0 unspecified atom stereocenters. The third-order valence-electron chi connectivity index (χ3n) is 2.30. The Balaban J connectivity index is 2.21. The summed E-state index contributed by atoms with van der Waals surface area (Å²) in [5.74, 6) is 0.0285. The number of hydrogen-bond acceptors (Lipinski definition) is 2. The van der Waals surface area contributed by atoms with E-state index in [-0.39, 0.29) is 5.91 Å². The molecule has 1 aromatic rings. The molecular formula is C13H19ClN2O. The van der Waals surface area contributed by atoms with Crippen LogP contribution in [0.15, 0.2) is 24.3 Å². The summed E-state index contributed by atoms with van der Waals surface area (Å²) in [5, 5.41) is 6.66. The van der Waals surface area contributed by atoms with Gasteiger partial charge in [-0.05, 0) is 24.1 Å². The molecule has 0 heterocycles. The highest BCUT2D eigenvalue weighted by Crippen LogP contribution is 2.10. The molecule has 0 saturated carbocycles. The summed E-state index contributed by atoms with van der Waals surface area (Å²) in [6.45, 7) is 5.03. The minimum Gasteiger partial charge on any atom is -0.355 e. The van der Waals surface area contributed by atoms with E-state index in [9.17, 15) is 4.79 Å². The maximum atomic E-state index is 11.4. The highest BCUT2D eigenvalue weighted by Gasteiger charge is 2.01. The third kappa shape index (κ3) is 6.29. The van der Waals surface area contributed by atoms with Crippen molar-refractivity contribution in [3.05, 3.63) is 34.9 Å². The lowest BCUT2D eigenvalue weighted by molar-refractivity contribution is -0.120.